The van der Waals surface area contributed by atoms with Crippen LogP contribution in [0.15, 0.2) is 18.2 Å². The van der Waals surface area contributed by atoms with Crippen molar-refractivity contribution in [1.29, 1.82) is 0 Å². The first-order chi connectivity index (χ1) is 11.4. The number of nitro groups is 1. The first-order valence-corrected chi connectivity index (χ1v) is 8.27. The lowest BCUT2D eigenvalue weighted by Crippen LogP contribution is -2.53. The first-order valence-electron chi connectivity index (χ1n) is 8.27. The predicted octanol–water partition coefficient (Wildman–Crippen LogP) is 4.22. The van der Waals surface area contributed by atoms with Crippen LogP contribution in [-0.4, -0.2) is 16.7 Å². The molecule has 0 atom stereocenters. The Bertz CT molecular complexity index is 669. The average molecular weight is 335 g/mol. The molecule has 0 aromatic heterocycles. The quantitative estimate of drug-likeness (QED) is 0.358. The summed E-state index contributed by atoms with van der Waals surface area (Å²) in [7, 11) is 0. The van der Waals surface area contributed by atoms with Gasteiger partial charge < -0.3 is 9.47 Å². The van der Waals surface area contributed by atoms with Gasteiger partial charge in [0.25, 0.3) is 0 Å². The largest absolute Gasteiger partial charge is 0.514 e. The van der Waals surface area contributed by atoms with E-state index >= 15 is 0 Å². The zero-order valence-electron chi connectivity index (χ0n) is 13.1. The minimum atomic E-state index is -1.04. The summed E-state index contributed by atoms with van der Waals surface area (Å²) in [5.41, 5.74) is -1.10. The lowest BCUT2D eigenvalue weighted by atomic mass is 9.54. The lowest BCUT2D eigenvalue weighted by molar-refractivity contribution is -0.387. The van der Waals surface area contributed by atoms with E-state index in [1.807, 2.05) is 0 Å². The number of nitro benzene ring substituents is 1. The molecule has 6 nitrogen and oxygen atoms in total. The van der Waals surface area contributed by atoms with E-state index in [9.17, 15) is 19.3 Å². The van der Waals surface area contributed by atoms with Crippen molar-refractivity contribution in [3.8, 4) is 5.75 Å². The SMILES string of the molecule is O=C(Oc1ccc([N+](=O)[O-])c(F)c1)OC12CC3CC(CC(C3)C1)C2. The van der Waals surface area contributed by atoms with Crippen LogP contribution in [0, 0.1) is 33.7 Å². The molecule has 0 amide bonds. The van der Waals surface area contributed by atoms with Crippen molar-refractivity contribution in [2.45, 2.75) is 44.1 Å². The Morgan fingerprint density at radius 3 is 2.25 bits per heavy atom. The number of hydrogen-bond acceptors (Lipinski definition) is 5. The van der Waals surface area contributed by atoms with Gasteiger partial charge in [-0.15, -0.1) is 0 Å². The second-order valence-corrected chi connectivity index (χ2v) is 7.43. The molecule has 1 aromatic carbocycles. The summed E-state index contributed by atoms with van der Waals surface area (Å²) in [6.07, 6.45) is 5.46. The maximum Gasteiger partial charge on any atom is 0.514 e. The predicted molar refractivity (Wildman–Crippen MR) is 81.1 cm³/mol. The molecule has 0 aliphatic heterocycles. The van der Waals surface area contributed by atoms with Gasteiger partial charge in [-0.25, -0.2) is 4.79 Å². The lowest BCUT2D eigenvalue weighted by Gasteiger charge is -2.55. The van der Waals surface area contributed by atoms with E-state index in [1.54, 1.807) is 0 Å². The van der Waals surface area contributed by atoms with Crippen molar-refractivity contribution in [1.82, 2.24) is 0 Å². The van der Waals surface area contributed by atoms with Crippen LogP contribution in [0.5, 0.6) is 5.75 Å². The van der Waals surface area contributed by atoms with Crippen molar-refractivity contribution in [3.63, 3.8) is 0 Å². The number of ether oxygens (including phenoxy) is 2. The highest BCUT2D eigenvalue weighted by atomic mass is 19.1. The van der Waals surface area contributed by atoms with E-state index in [0.717, 1.165) is 31.4 Å². The van der Waals surface area contributed by atoms with Crippen molar-refractivity contribution in [2.75, 3.05) is 0 Å². The van der Waals surface area contributed by atoms with E-state index in [4.69, 9.17) is 9.47 Å². The summed E-state index contributed by atoms with van der Waals surface area (Å²) in [5, 5.41) is 10.6. The van der Waals surface area contributed by atoms with E-state index < -0.39 is 28.2 Å². The fourth-order valence-corrected chi connectivity index (χ4v) is 5.15. The Balaban J connectivity index is 1.44. The number of carbonyl (C=O) groups excluding carboxylic acids is 1. The van der Waals surface area contributed by atoms with Gasteiger partial charge in [-0.1, -0.05) is 0 Å². The molecule has 0 radical (unpaired) electrons. The summed E-state index contributed by atoms with van der Waals surface area (Å²) < 4.78 is 24.3. The third-order valence-corrected chi connectivity index (χ3v) is 5.60. The smallest absolute Gasteiger partial charge is 0.427 e. The number of hydrogen-bond donors (Lipinski definition) is 0. The molecular weight excluding hydrogens is 317 g/mol. The molecule has 24 heavy (non-hydrogen) atoms. The molecule has 0 N–H and O–H groups in total. The molecule has 0 saturated heterocycles. The third-order valence-electron chi connectivity index (χ3n) is 5.60. The van der Waals surface area contributed by atoms with Gasteiger partial charge >= 0.3 is 11.8 Å². The molecule has 0 heterocycles. The molecule has 1 aromatic rings. The van der Waals surface area contributed by atoms with Crippen LogP contribution in [0.2, 0.25) is 0 Å². The van der Waals surface area contributed by atoms with Gasteiger partial charge in [0.1, 0.15) is 11.4 Å². The van der Waals surface area contributed by atoms with Crippen molar-refractivity contribution < 1.29 is 23.6 Å². The van der Waals surface area contributed by atoms with Crippen LogP contribution in [0.4, 0.5) is 14.9 Å². The van der Waals surface area contributed by atoms with Crippen LogP contribution in [0.3, 0.4) is 0 Å². The summed E-state index contributed by atoms with van der Waals surface area (Å²) in [5.74, 6) is 0.746. The maximum absolute atomic E-state index is 13.6. The fourth-order valence-electron chi connectivity index (χ4n) is 5.15. The fraction of sp³-hybridized carbons (Fsp3) is 0.588. The summed E-state index contributed by atoms with van der Waals surface area (Å²) >= 11 is 0. The Hall–Kier alpha value is -2.18. The van der Waals surface area contributed by atoms with E-state index in [0.29, 0.717) is 17.8 Å². The Labute approximate surface area is 138 Å². The first kappa shape index (κ1) is 15.4. The van der Waals surface area contributed by atoms with Crippen molar-refractivity contribution >= 4 is 11.8 Å². The Morgan fingerprint density at radius 2 is 1.75 bits per heavy atom. The Kier molecular flexibility index (Phi) is 3.47. The second kappa shape index (κ2) is 5.43. The molecule has 4 aliphatic rings. The molecule has 128 valence electrons. The van der Waals surface area contributed by atoms with E-state index in [2.05, 4.69) is 0 Å². The number of halogens is 1. The zero-order chi connectivity index (χ0) is 16.9. The molecule has 7 heteroatoms. The highest BCUT2D eigenvalue weighted by Crippen LogP contribution is 2.57. The van der Waals surface area contributed by atoms with E-state index in [-0.39, 0.29) is 5.75 Å². The summed E-state index contributed by atoms with van der Waals surface area (Å²) in [6, 6.07) is 3.00. The van der Waals surface area contributed by atoms with Gasteiger partial charge in [0.2, 0.25) is 5.82 Å². The van der Waals surface area contributed by atoms with Crippen LogP contribution in [0.25, 0.3) is 0 Å². The normalized spacial score (nSPS) is 33.3. The van der Waals surface area contributed by atoms with Gasteiger partial charge in [0, 0.05) is 12.1 Å². The van der Waals surface area contributed by atoms with Gasteiger partial charge in [-0.05, 0) is 62.3 Å². The van der Waals surface area contributed by atoms with Crippen molar-refractivity contribution in [2.24, 2.45) is 17.8 Å². The zero-order valence-corrected chi connectivity index (χ0v) is 13.1. The minimum Gasteiger partial charge on any atom is -0.427 e. The van der Waals surface area contributed by atoms with Gasteiger partial charge in [-0.2, -0.15) is 4.39 Å². The van der Waals surface area contributed by atoms with Gasteiger partial charge in [0.05, 0.1) is 4.92 Å². The standard InChI is InChI=1S/C17H18FNO5/c18-14-6-13(1-2-15(14)19(21)22)23-16(20)24-17-7-10-3-11(8-17)5-12(4-10)9-17/h1-2,6,10-12H,3-5,7-9H2. The molecule has 4 bridgehead atoms. The highest BCUT2D eigenvalue weighted by molar-refractivity contribution is 5.64. The highest BCUT2D eigenvalue weighted by Gasteiger charge is 2.53. The minimum absolute atomic E-state index is 0.0900. The second-order valence-electron chi connectivity index (χ2n) is 7.43. The molecule has 4 fully saturated rings. The Morgan fingerprint density at radius 1 is 1.17 bits per heavy atom. The molecule has 4 saturated carbocycles. The number of rotatable bonds is 3. The number of carbonyl (C=O) groups is 1. The van der Waals surface area contributed by atoms with Crippen LogP contribution in [0.1, 0.15) is 38.5 Å². The topological polar surface area (TPSA) is 78.7 Å². The van der Waals surface area contributed by atoms with Gasteiger partial charge in [-0.3, -0.25) is 10.1 Å². The van der Waals surface area contributed by atoms with Gasteiger partial charge in [0.15, 0.2) is 0 Å². The monoisotopic (exact) mass is 335 g/mol. The summed E-state index contributed by atoms with van der Waals surface area (Å²) in [4.78, 5) is 21.9. The van der Waals surface area contributed by atoms with Crippen LogP contribution in [-0.2, 0) is 4.74 Å². The number of benzene rings is 1. The average Bonchev–Trinajstić information content (AvgIpc) is 2.44. The summed E-state index contributed by atoms with van der Waals surface area (Å²) in [6.45, 7) is 0. The molecule has 0 unspecified atom stereocenters. The molecule has 0 spiro atoms. The van der Waals surface area contributed by atoms with Crippen molar-refractivity contribution in [3.05, 3.63) is 34.1 Å². The van der Waals surface area contributed by atoms with E-state index in [1.165, 1.54) is 25.3 Å². The molecule has 4 aliphatic carbocycles. The molecular formula is C17H18FNO5. The van der Waals surface area contributed by atoms with Crippen LogP contribution >= 0.6 is 0 Å². The van der Waals surface area contributed by atoms with Crippen LogP contribution < -0.4 is 4.74 Å². The maximum atomic E-state index is 13.6. The third kappa shape index (κ3) is 2.72. The molecule has 5 rings (SSSR count). The number of nitrogens with zero attached hydrogens (tertiary/aromatic N) is 1.